The topological polar surface area (TPSA) is 81.0 Å². The highest BCUT2D eigenvalue weighted by atomic mass is 31.1. The summed E-state index contributed by atoms with van der Waals surface area (Å²) in [5, 5.41) is 19.6. The molecule has 43 heavy (non-hydrogen) atoms. The number of aryl methyl sites for hydroxylation is 2. The Kier molecular flexibility index (Phi) is 22.1. The van der Waals surface area contributed by atoms with Crippen molar-refractivity contribution >= 4 is 21.3 Å². The van der Waals surface area contributed by atoms with E-state index in [2.05, 4.69) is 95.4 Å². The average Bonchev–Trinajstić information content (AvgIpc) is 3.50. The van der Waals surface area contributed by atoms with Gasteiger partial charge in [0.05, 0.1) is 11.8 Å². The Hall–Kier alpha value is -2.79. The van der Waals surface area contributed by atoms with E-state index in [0.717, 1.165) is 23.7 Å². The van der Waals surface area contributed by atoms with Crippen LogP contribution in [0.4, 0.5) is 0 Å². The van der Waals surface area contributed by atoms with Crippen molar-refractivity contribution in [3.63, 3.8) is 0 Å². The molecule has 4 N–H and O–H groups in total. The molecule has 1 aliphatic carbocycles. The van der Waals surface area contributed by atoms with Crippen LogP contribution in [0, 0.1) is 5.92 Å². The predicted molar refractivity (Wildman–Crippen MR) is 195 cm³/mol. The number of nitrogens with one attached hydrogen (secondary N) is 3. The van der Waals surface area contributed by atoms with E-state index in [-0.39, 0.29) is 5.92 Å². The SMILES string of the molecule is C=N/C(=C\C(C)=C(/CNC)NC)C(O)C(C)C.CC.CCC.CN=C(NPC)c1ccccc1-c1ccc2c(c1)CCC2. The third-order valence-electron chi connectivity index (χ3n) is 6.67. The van der Waals surface area contributed by atoms with E-state index < -0.39 is 6.10 Å². The first-order valence-corrected chi connectivity index (χ1v) is 17.2. The molecule has 0 fully saturated rings. The van der Waals surface area contributed by atoms with Gasteiger partial charge in [-0.1, -0.05) is 90.4 Å². The molecular weight excluding hydrogens is 549 g/mol. The van der Waals surface area contributed by atoms with Gasteiger partial charge < -0.3 is 20.8 Å². The number of amidine groups is 1. The molecule has 0 radical (unpaired) electrons. The van der Waals surface area contributed by atoms with Gasteiger partial charge in [0.15, 0.2) is 0 Å². The lowest BCUT2D eigenvalue weighted by Gasteiger charge is -2.16. The van der Waals surface area contributed by atoms with Crippen molar-refractivity contribution in [3.8, 4) is 11.1 Å². The first kappa shape index (κ1) is 40.2. The van der Waals surface area contributed by atoms with Gasteiger partial charge in [-0.2, -0.15) is 0 Å². The Balaban J connectivity index is 0.000000729. The molecule has 1 aliphatic rings. The number of nitrogens with zero attached hydrogens (tertiary/aromatic N) is 2. The van der Waals surface area contributed by atoms with Crippen LogP contribution in [0.3, 0.4) is 0 Å². The second-order valence-corrected chi connectivity index (χ2v) is 11.1. The van der Waals surface area contributed by atoms with Crippen molar-refractivity contribution in [2.45, 2.75) is 80.3 Å². The molecule has 7 heteroatoms. The summed E-state index contributed by atoms with van der Waals surface area (Å²) in [5.41, 5.74) is 9.52. The molecule has 2 unspecified atom stereocenters. The van der Waals surface area contributed by atoms with Crippen LogP contribution in [0.25, 0.3) is 11.1 Å². The molecule has 2 aromatic rings. The highest BCUT2D eigenvalue weighted by molar-refractivity contribution is 7.35. The van der Waals surface area contributed by atoms with Gasteiger partial charge in [-0.25, -0.2) is 0 Å². The quantitative estimate of drug-likeness (QED) is 0.0960. The van der Waals surface area contributed by atoms with Crippen molar-refractivity contribution in [1.82, 2.24) is 15.7 Å². The van der Waals surface area contributed by atoms with E-state index in [0.29, 0.717) is 14.4 Å². The summed E-state index contributed by atoms with van der Waals surface area (Å²) in [5.74, 6) is 1.11. The number of aliphatic imine (C=N–C) groups is 2. The minimum atomic E-state index is -0.574. The van der Waals surface area contributed by atoms with Crippen molar-refractivity contribution in [2.24, 2.45) is 15.9 Å². The molecule has 0 heterocycles. The number of rotatable bonds is 10. The molecule has 0 aromatic heterocycles. The smallest absolute Gasteiger partial charge is 0.131 e. The zero-order chi connectivity index (χ0) is 32.8. The van der Waals surface area contributed by atoms with Gasteiger partial charge in [0.2, 0.25) is 0 Å². The van der Waals surface area contributed by atoms with Gasteiger partial charge in [0.1, 0.15) is 5.84 Å². The van der Waals surface area contributed by atoms with E-state index in [1.165, 1.54) is 53.5 Å². The van der Waals surface area contributed by atoms with Gasteiger partial charge in [-0.05, 0) is 95.2 Å². The maximum absolute atomic E-state index is 9.96. The fourth-order valence-electron chi connectivity index (χ4n) is 4.52. The molecule has 0 aliphatic heterocycles. The van der Waals surface area contributed by atoms with Gasteiger partial charge in [0.25, 0.3) is 0 Å². The van der Waals surface area contributed by atoms with Crippen molar-refractivity contribution in [1.29, 1.82) is 0 Å². The number of aliphatic hydroxyl groups excluding tert-OH is 1. The summed E-state index contributed by atoms with van der Waals surface area (Å²) >= 11 is 0. The van der Waals surface area contributed by atoms with Crippen LogP contribution in [0.1, 0.15) is 78.0 Å². The number of fused-ring (bicyclic) bond motifs is 1. The van der Waals surface area contributed by atoms with Gasteiger partial charge in [-0.15, -0.1) is 0 Å². The zero-order valence-corrected chi connectivity index (χ0v) is 29.9. The Morgan fingerprint density at radius 2 is 1.70 bits per heavy atom. The molecule has 0 saturated heterocycles. The predicted octanol–water partition coefficient (Wildman–Crippen LogP) is 7.77. The van der Waals surface area contributed by atoms with Crippen LogP contribution in [0.15, 0.2) is 75.5 Å². The number of allylic oxidation sites excluding steroid dienone is 2. The second kappa shape index (κ2) is 23.6. The third kappa shape index (κ3) is 13.6. The number of aliphatic hydroxyl groups is 1. The zero-order valence-electron chi connectivity index (χ0n) is 28.9. The van der Waals surface area contributed by atoms with E-state index in [9.17, 15) is 5.11 Å². The van der Waals surface area contributed by atoms with Gasteiger partial charge in [0, 0.05) is 31.9 Å². The minimum absolute atomic E-state index is 0.127. The Bertz CT molecular complexity index is 1170. The average molecular weight is 610 g/mol. The summed E-state index contributed by atoms with van der Waals surface area (Å²) in [7, 11) is 6.27. The summed E-state index contributed by atoms with van der Waals surface area (Å²) in [4.78, 5) is 8.32. The number of likely N-dealkylation sites (N-methyl/N-ethyl adjacent to an activating group) is 2. The van der Waals surface area contributed by atoms with Crippen LogP contribution in [-0.4, -0.2) is 58.1 Å². The highest BCUT2D eigenvalue weighted by Crippen LogP contribution is 2.30. The fraction of sp³-hybridized carbons (Fsp3) is 0.500. The lowest BCUT2D eigenvalue weighted by Crippen LogP contribution is -2.21. The van der Waals surface area contributed by atoms with Crippen molar-refractivity contribution in [2.75, 3.05) is 34.4 Å². The highest BCUT2D eigenvalue weighted by Gasteiger charge is 2.15. The fourth-order valence-corrected chi connectivity index (χ4v) is 5.00. The molecule has 2 aromatic carbocycles. The first-order valence-electron chi connectivity index (χ1n) is 15.7. The largest absolute Gasteiger partial charge is 0.390 e. The number of hydrogen-bond donors (Lipinski definition) is 4. The maximum Gasteiger partial charge on any atom is 0.131 e. The number of benzene rings is 2. The van der Waals surface area contributed by atoms with Crippen LogP contribution in [-0.2, 0) is 12.8 Å². The van der Waals surface area contributed by atoms with Crippen LogP contribution in [0.5, 0.6) is 0 Å². The summed E-state index contributed by atoms with van der Waals surface area (Å²) < 4.78 is 0. The van der Waals surface area contributed by atoms with E-state index >= 15 is 0 Å². The van der Waals surface area contributed by atoms with Crippen LogP contribution in [0.2, 0.25) is 0 Å². The van der Waals surface area contributed by atoms with Crippen LogP contribution < -0.4 is 15.7 Å². The van der Waals surface area contributed by atoms with Crippen molar-refractivity contribution < 1.29 is 5.11 Å². The lowest BCUT2D eigenvalue weighted by atomic mass is 9.96. The molecule has 240 valence electrons. The molecule has 0 amide bonds. The van der Waals surface area contributed by atoms with E-state index in [4.69, 9.17) is 0 Å². The van der Waals surface area contributed by atoms with Crippen LogP contribution >= 0.6 is 8.73 Å². The minimum Gasteiger partial charge on any atom is -0.390 e. The lowest BCUT2D eigenvalue weighted by molar-refractivity contribution is 0.159. The Morgan fingerprint density at radius 3 is 2.23 bits per heavy atom. The normalized spacial score (nSPS) is 13.9. The standard InChI is InChI=1S/C18H21N2P.C13H25N3O.C3H8.C2H6/c1-19-18(20-21-2)17-9-4-3-8-16(17)15-11-10-13-6-5-7-14(13)12-15;1-9(2)13(17)11(15-5)7-10(3)12(16-6)8-14-4;1-3-2;1-2/h3-4,8-12,21H,5-7H2,1-2H3,(H,19,20);7,9,13-14,16-17H,5,8H2,1-4,6H3;3H2,1-2H3;1-2H3/b;11-7-,12-10+;;. The first-order chi connectivity index (χ1) is 20.7. The van der Waals surface area contributed by atoms with Crippen molar-refractivity contribution in [3.05, 3.63) is 82.2 Å². The van der Waals surface area contributed by atoms with E-state index in [1.54, 1.807) is 0 Å². The summed E-state index contributed by atoms with van der Waals surface area (Å²) in [6.07, 6.45) is 6.29. The number of hydrogen-bond acceptors (Lipinski definition) is 5. The summed E-state index contributed by atoms with van der Waals surface area (Å²) in [6, 6.07) is 15.4. The third-order valence-corrected chi connectivity index (χ3v) is 7.16. The monoisotopic (exact) mass is 609 g/mol. The molecule has 0 bridgehead atoms. The molecule has 3 rings (SSSR count). The molecule has 6 nitrogen and oxygen atoms in total. The van der Waals surface area contributed by atoms with E-state index in [1.807, 2.05) is 61.8 Å². The molecule has 0 spiro atoms. The maximum atomic E-state index is 9.96. The molecular formula is C36H60N5OP. The summed E-state index contributed by atoms with van der Waals surface area (Å²) in [6.45, 7) is 20.5. The van der Waals surface area contributed by atoms with Gasteiger partial charge >= 0.3 is 0 Å². The van der Waals surface area contributed by atoms with Gasteiger partial charge in [-0.3, -0.25) is 9.98 Å². The molecule has 2 atom stereocenters. The molecule has 0 saturated carbocycles. The second-order valence-electron chi connectivity index (χ2n) is 10.4. The Morgan fingerprint density at radius 1 is 1.07 bits per heavy atom. The Labute approximate surface area is 265 Å².